The molecule has 0 aliphatic carbocycles. The Morgan fingerprint density at radius 1 is 1.25 bits per heavy atom. The average Bonchev–Trinajstić information content (AvgIpc) is 2.49. The third-order valence-electron chi connectivity index (χ3n) is 2.57. The van der Waals surface area contributed by atoms with Gasteiger partial charge in [0, 0.05) is 6.54 Å². The molecule has 0 aliphatic heterocycles. The topological polar surface area (TPSA) is 72.9 Å². The number of ether oxygens (including phenoxy) is 2. The van der Waals surface area contributed by atoms with Crippen molar-refractivity contribution in [3.8, 4) is 0 Å². The molecule has 1 amide bonds. The van der Waals surface area contributed by atoms with E-state index in [0.29, 0.717) is 6.29 Å². The van der Waals surface area contributed by atoms with Crippen molar-refractivity contribution in [1.29, 1.82) is 0 Å². The molecule has 6 nitrogen and oxygen atoms in total. The van der Waals surface area contributed by atoms with E-state index in [1.807, 2.05) is 30.3 Å². The van der Waals surface area contributed by atoms with Gasteiger partial charge in [0.1, 0.15) is 12.9 Å². The second kappa shape index (κ2) is 8.68. The summed E-state index contributed by atoms with van der Waals surface area (Å²) in [6.07, 6.45) is -0.0314. The van der Waals surface area contributed by atoms with Crippen molar-refractivity contribution in [2.24, 2.45) is 0 Å². The number of benzene rings is 1. The van der Waals surface area contributed by atoms with Crippen molar-refractivity contribution in [3.05, 3.63) is 35.9 Å². The molecule has 0 atom stereocenters. The minimum atomic E-state index is -0.634. The third-order valence-corrected chi connectivity index (χ3v) is 2.57. The lowest BCUT2D eigenvalue weighted by atomic mass is 10.2. The van der Waals surface area contributed by atoms with Crippen LogP contribution in [0, 0.1) is 0 Å². The Hall–Kier alpha value is -2.37. The minimum Gasteiger partial charge on any atom is -0.469 e. The lowest BCUT2D eigenvalue weighted by Gasteiger charge is -2.19. The molecule has 6 heteroatoms. The number of hydrogen-bond donors (Lipinski definition) is 0. The predicted octanol–water partition coefficient (Wildman–Crippen LogP) is 1.39. The van der Waals surface area contributed by atoms with Crippen molar-refractivity contribution in [2.45, 2.75) is 13.0 Å². The van der Waals surface area contributed by atoms with E-state index >= 15 is 0 Å². The van der Waals surface area contributed by atoms with Crippen LogP contribution in [0.4, 0.5) is 4.79 Å². The highest BCUT2D eigenvalue weighted by Crippen LogP contribution is 2.04. The molecule has 0 N–H and O–H groups in total. The Bertz CT molecular complexity index is 446. The highest BCUT2D eigenvalue weighted by molar-refractivity contribution is 5.73. The van der Waals surface area contributed by atoms with E-state index in [-0.39, 0.29) is 26.1 Å². The zero-order chi connectivity index (χ0) is 14.8. The standard InChI is InChI=1S/C14H17NO5/c1-19-13(17)7-8-15(9-10-16)14(18)20-11-12-5-3-2-4-6-12/h2-6,10H,7-9,11H2,1H3. The number of esters is 1. The van der Waals surface area contributed by atoms with Gasteiger partial charge < -0.3 is 19.2 Å². The van der Waals surface area contributed by atoms with E-state index in [9.17, 15) is 14.4 Å². The van der Waals surface area contributed by atoms with Crippen LogP contribution in [0.1, 0.15) is 12.0 Å². The monoisotopic (exact) mass is 279 g/mol. The van der Waals surface area contributed by atoms with Gasteiger partial charge in [-0.05, 0) is 5.56 Å². The maximum Gasteiger partial charge on any atom is 0.410 e. The van der Waals surface area contributed by atoms with Gasteiger partial charge in [-0.3, -0.25) is 4.79 Å². The van der Waals surface area contributed by atoms with E-state index < -0.39 is 12.1 Å². The van der Waals surface area contributed by atoms with Crippen LogP contribution in [0.25, 0.3) is 0 Å². The number of carbonyl (C=O) groups excluding carboxylic acids is 3. The van der Waals surface area contributed by atoms with Crippen molar-refractivity contribution in [2.75, 3.05) is 20.2 Å². The number of nitrogens with zero attached hydrogens (tertiary/aromatic N) is 1. The first-order chi connectivity index (χ1) is 9.67. The molecule has 1 aromatic rings. The molecular formula is C14H17NO5. The zero-order valence-corrected chi connectivity index (χ0v) is 11.3. The van der Waals surface area contributed by atoms with Crippen LogP contribution in [-0.2, 0) is 25.7 Å². The van der Waals surface area contributed by atoms with Gasteiger partial charge in [0.05, 0.1) is 20.1 Å². The molecule has 0 aromatic heterocycles. The fourth-order valence-electron chi connectivity index (χ4n) is 1.49. The van der Waals surface area contributed by atoms with Gasteiger partial charge in [-0.15, -0.1) is 0 Å². The van der Waals surface area contributed by atoms with Crippen molar-refractivity contribution >= 4 is 18.3 Å². The quantitative estimate of drug-likeness (QED) is 0.557. The summed E-state index contributed by atoms with van der Waals surface area (Å²) in [6.45, 7) is 0.0803. The molecule has 0 radical (unpaired) electrons. The maximum atomic E-state index is 11.8. The molecular weight excluding hydrogens is 262 g/mol. The molecule has 0 aliphatic rings. The summed E-state index contributed by atoms with van der Waals surface area (Å²) >= 11 is 0. The Kier molecular flexibility index (Phi) is 6.81. The molecule has 0 saturated heterocycles. The van der Waals surface area contributed by atoms with Crippen molar-refractivity contribution < 1.29 is 23.9 Å². The van der Waals surface area contributed by atoms with Crippen LogP contribution in [-0.4, -0.2) is 43.4 Å². The number of hydrogen-bond acceptors (Lipinski definition) is 5. The fraction of sp³-hybridized carbons (Fsp3) is 0.357. The molecule has 0 fully saturated rings. The van der Waals surface area contributed by atoms with E-state index in [4.69, 9.17) is 4.74 Å². The SMILES string of the molecule is COC(=O)CCN(CC=O)C(=O)OCc1ccccc1. The smallest absolute Gasteiger partial charge is 0.410 e. The van der Waals surface area contributed by atoms with Gasteiger partial charge in [0.2, 0.25) is 0 Å². The Morgan fingerprint density at radius 2 is 1.95 bits per heavy atom. The Balaban J connectivity index is 2.46. The first-order valence-corrected chi connectivity index (χ1v) is 6.13. The summed E-state index contributed by atoms with van der Waals surface area (Å²) in [7, 11) is 1.26. The van der Waals surface area contributed by atoms with Crippen molar-refractivity contribution in [3.63, 3.8) is 0 Å². The number of carbonyl (C=O) groups is 3. The zero-order valence-electron chi connectivity index (χ0n) is 11.3. The van der Waals surface area contributed by atoms with Crippen LogP contribution in [0.3, 0.4) is 0 Å². The maximum absolute atomic E-state index is 11.8. The highest BCUT2D eigenvalue weighted by atomic mass is 16.6. The van der Waals surface area contributed by atoms with E-state index in [0.717, 1.165) is 10.5 Å². The fourth-order valence-corrected chi connectivity index (χ4v) is 1.49. The lowest BCUT2D eigenvalue weighted by molar-refractivity contribution is -0.141. The second-order valence-electron chi connectivity index (χ2n) is 3.98. The number of methoxy groups -OCH3 is 1. The largest absolute Gasteiger partial charge is 0.469 e. The Labute approximate surface area is 117 Å². The minimum absolute atomic E-state index is 0.0186. The van der Waals surface area contributed by atoms with Gasteiger partial charge in [0.25, 0.3) is 0 Å². The molecule has 0 saturated carbocycles. The average molecular weight is 279 g/mol. The molecule has 0 heterocycles. The number of aldehydes is 1. The molecule has 0 unspecified atom stereocenters. The molecule has 0 spiro atoms. The summed E-state index contributed by atoms with van der Waals surface area (Å²) in [5.74, 6) is -0.447. The molecule has 20 heavy (non-hydrogen) atoms. The van der Waals surface area contributed by atoms with Crippen LogP contribution in [0.15, 0.2) is 30.3 Å². The third kappa shape index (κ3) is 5.51. The summed E-state index contributed by atoms with van der Waals surface area (Å²) in [4.78, 5) is 34.5. The summed E-state index contributed by atoms with van der Waals surface area (Å²) in [5.41, 5.74) is 0.847. The molecule has 1 aromatic carbocycles. The van der Waals surface area contributed by atoms with Gasteiger partial charge in [0.15, 0.2) is 0 Å². The van der Waals surface area contributed by atoms with Gasteiger partial charge in [-0.1, -0.05) is 30.3 Å². The normalized spacial score (nSPS) is 9.65. The number of rotatable bonds is 7. The first kappa shape index (κ1) is 15.7. The molecule has 1 rings (SSSR count). The molecule has 0 bridgehead atoms. The summed E-state index contributed by atoms with van der Waals surface area (Å²) in [5, 5.41) is 0. The highest BCUT2D eigenvalue weighted by Gasteiger charge is 2.16. The van der Waals surface area contributed by atoms with E-state index in [1.165, 1.54) is 7.11 Å². The van der Waals surface area contributed by atoms with E-state index in [1.54, 1.807) is 0 Å². The van der Waals surface area contributed by atoms with Gasteiger partial charge >= 0.3 is 12.1 Å². The summed E-state index contributed by atoms with van der Waals surface area (Å²) < 4.78 is 9.57. The lowest BCUT2D eigenvalue weighted by Crippen LogP contribution is -2.35. The second-order valence-corrected chi connectivity index (χ2v) is 3.98. The van der Waals surface area contributed by atoms with Gasteiger partial charge in [-0.25, -0.2) is 4.79 Å². The van der Waals surface area contributed by atoms with Gasteiger partial charge in [-0.2, -0.15) is 0 Å². The number of amides is 1. The van der Waals surface area contributed by atoms with Crippen LogP contribution < -0.4 is 0 Å². The summed E-state index contributed by atoms with van der Waals surface area (Å²) in [6, 6.07) is 9.19. The first-order valence-electron chi connectivity index (χ1n) is 6.13. The Morgan fingerprint density at radius 3 is 2.55 bits per heavy atom. The predicted molar refractivity (Wildman–Crippen MR) is 70.9 cm³/mol. The van der Waals surface area contributed by atoms with Crippen molar-refractivity contribution in [1.82, 2.24) is 4.90 Å². The van der Waals surface area contributed by atoms with Crippen LogP contribution >= 0.6 is 0 Å². The van der Waals surface area contributed by atoms with Crippen LogP contribution in [0.2, 0.25) is 0 Å². The molecule has 108 valence electrons. The van der Waals surface area contributed by atoms with Crippen LogP contribution in [0.5, 0.6) is 0 Å². The van der Waals surface area contributed by atoms with E-state index in [2.05, 4.69) is 4.74 Å².